The number of hydrogen-bond acceptors (Lipinski definition) is 28. The summed E-state index contributed by atoms with van der Waals surface area (Å²) in [7, 11) is 8.66. The van der Waals surface area contributed by atoms with Crippen LogP contribution in [0.3, 0.4) is 0 Å². The van der Waals surface area contributed by atoms with Crippen molar-refractivity contribution in [3.63, 3.8) is 0 Å². The smallest absolute Gasteiger partial charge is 0.329 e. The van der Waals surface area contributed by atoms with Gasteiger partial charge in [0, 0.05) is 117 Å². The first kappa shape index (κ1) is 104. The first-order chi connectivity index (χ1) is 67.4. The van der Waals surface area contributed by atoms with E-state index < -0.39 is 218 Å². The van der Waals surface area contributed by atoms with E-state index in [4.69, 9.17) is 67.8 Å². The summed E-state index contributed by atoms with van der Waals surface area (Å²) in [6.07, 6.45) is 17.4. The molecule has 8 rings (SSSR count). The van der Waals surface area contributed by atoms with Gasteiger partial charge in [-0.2, -0.15) is 0 Å². The fraction of sp³-hybridized carbons (Fsp3) is 0.755. The minimum absolute atomic E-state index is 0.0148. The highest BCUT2D eigenvalue weighted by molar-refractivity contribution is 6.39. The molecule has 0 aromatic heterocycles. The third-order valence-corrected chi connectivity index (χ3v) is 29.4. The molecule has 6 fully saturated rings. The van der Waals surface area contributed by atoms with E-state index in [1.165, 1.54) is 28.4 Å². The minimum atomic E-state index is -3.27. The summed E-state index contributed by atoms with van der Waals surface area (Å²) in [5.41, 5.74) is 2.37. The Morgan fingerprint density at radius 2 is 0.809 bits per heavy atom. The summed E-state index contributed by atoms with van der Waals surface area (Å²) in [5, 5.41) is 66.5. The van der Waals surface area contributed by atoms with Crippen molar-refractivity contribution in [1.82, 2.24) is 9.80 Å². The zero-order valence-corrected chi connectivity index (χ0v) is 84.0. The lowest BCUT2D eigenvalue weighted by Gasteiger charge is -2.42. The molecule has 6 aliphatic heterocycles. The van der Waals surface area contributed by atoms with Gasteiger partial charge in [-0.15, -0.1) is 0 Å². The predicted molar refractivity (Wildman–Crippen MR) is 512 cm³/mol. The number of Topliss-reactive ketones (excluding diaryl/α,β-unsaturated/α-hetero) is 6. The molecular weight excluding hydrogens is 1750 g/mol. The topological polar surface area (TPSA) is 409 Å². The Kier molecular flexibility index (Phi) is 43.2. The number of aliphatic hydroxyl groups excluding tert-OH is 2. The van der Waals surface area contributed by atoms with Crippen molar-refractivity contribution in [2.75, 3.05) is 82.0 Å². The largest absolute Gasteiger partial charge is 0.460 e. The second-order valence-electron chi connectivity index (χ2n) is 39.8. The van der Waals surface area contributed by atoms with Crippen molar-refractivity contribution >= 4 is 58.5 Å². The lowest BCUT2D eigenvalue weighted by atomic mass is 9.78. The number of cyclic esters (lactones) is 2. The Balaban J connectivity index is 0.000000391. The number of fused-ring (bicyclic) bond motifs is 6. The lowest BCUT2D eigenvalue weighted by Crippen LogP contribution is -2.61. The first-order valence-corrected chi connectivity index (χ1v) is 49.2. The van der Waals surface area contributed by atoms with Gasteiger partial charge in [0.05, 0.1) is 86.0 Å². The molecule has 30 nitrogen and oxygen atoms in total. The summed E-state index contributed by atoms with van der Waals surface area (Å²) < 4.78 is 132. The van der Waals surface area contributed by atoms with Gasteiger partial charge < -0.3 is 97.3 Å². The number of amides is 2. The fourth-order valence-corrected chi connectivity index (χ4v) is 20.7. The van der Waals surface area contributed by atoms with Crippen LogP contribution >= 0.6 is 0 Å². The number of methoxy groups -OCH3 is 6. The van der Waals surface area contributed by atoms with Crippen molar-refractivity contribution in [3.8, 4) is 0 Å². The molecular formula is C106H166N2O28. The van der Waals surface area contributed by atoms with Crippen molar-refractivity contribution < 1.29 is 146 Å². The van der Waals surface area contributed by atoms with Crippen molar-refractivity contribution in [2.24, 2.45) is 71.0 Å². The molecule has 2 saturated carbocycles. The number of aliphatic hydroxyl groups is 6. The number of nitrogens with zero attached hydrogens (tertiary/aromatic N) is 2. The summed E-state index contributed by atoms with van der Waals surface area (Å²) in [6.45, 7) is 12.2. The van der Waals surface area contributed by atoms with E-state index in [0.29, 0.717) is 114 Å². The molecule has 0 radical (unpaired) electrons. The van der Waals surface area contributed by atoms with E-state index in [0.717, 1.165) is 20.9 Å². The molecule has 4 saturated heterocycles. The molecule has 30 heteroatoms. The Hall–Kier alpha value is -6.82. The number of carbonyl (C=O) groups is 10. The van der Waals surface area contributed by atoms with Gasteiger partial charge in [-0.05, 0) is 214 Å². The molecule has 6 N–H and O–H groups in total. The zero-order valence-electron chi connectivity index (χ0n) is 92.0. The van der Waals surface area contributed by atoms with Crippen LogP contribution in [0.2, 0.25) is 0 Å². The quantitative estimate of drug-likeness (QED) is 0.0422. The summed E-state index contributed by atoms with van der Waals surface area (Å²) in [4.78, 5) is 145. The summed E-state index contributed by atoms with van der Waals surface area (Å²) in [5.74, 6) is -17.8. The molecule has 30 atom stereocenters. The van der Waals surface area contributed by atoms with E-state index in [2.05, 4.69) is 0 Å². The number of allylic oxidation sites excluding steroid dienone is 12. The summed E-state index contributed by atoms with van der Waals surface area (Å²) >= 11 is 0. The van der Waals surface area contributed by atoms with E-state index >= 15 is 0 Å². The van der Waals surface area contributed by atoms with Crippen LogP contribution in [0.5, 0.6) is 0 Å². The highest BCUT2D eigenvalue weighted by Crippen LogP contribution is 2.43. The molecule has 0 unspecified atom stereocenters. The van der Waals surface area contributed by atoms with Gasteiger partial charge in [0.15, 0.2) is 11.6 Å². The maximum absolute atomic E-state index is 14.5. The number of esters is 2. The van der Waals surface area contributed by atoms with Crippen LogP contribution in [0.25, 0.3) is 0 Å². The van der Waals surface area contributed by atoms with Crippen molar-refractivity contribution in [2.45, 2.75) is 360 Å². The second kappa shape index (κ2) is 56.7. The SMILES string of the molecule is [2H]C([2H])(O)C([2H])([2H])O[C@@H]1CC[C@@H](C[C@@H](C)[C@@H]2CC(=O)[C@H](C)/C=C(\C)[C@@H](O)[C@@H](OC)C(=O)[C@H](C)C[C@H](C)/C=C/C=C/C=C(\C)[C@@H](OC)C[C@@H]3CC[C@@H](C)[C@@](O)(O3)C(=O)C(=O)N3CCCC[C@H]3C(=O)O2)C[C@H]1OC.[2H]C([2H])(O)C([2H])([2H])O[C@@H]1CC[C@@H](C[C@@H](C)[C@@H]2CC(=O)[C@H](C)/C=C(\C)[C@@H](O)[C@@H](OC)C(=O)[C@H](C)C[C@H](C)/C=C/C=C/C=C(\C)[C@@H](OC)C[C@@H]3CC[C@@H](C)[C@@](O)(O3)C(=O)C(=O)N3CCCC[C@H]3C(=O)O2)C[C@H]1OC. The standard InChI is InChI=1S/2C53H83NO14/c2*1-32-16-12-11-13-17-33(2)44(63-8)30-40-21-19-38(7)53(62,68-40)50(59)51(60)54-23-15-14-18-41(54)52(61)67-45(35(4)28-39-20-22-43(66-25-24-55)46(29-39)64-9)31-42(56)34(3)27-37(6)48(58)49(65-10)47(57)36(5)26-32/h2*11-13,16-17,27,32,34-36,38-41,43-46,48-49,55,58,62H,14-15,18-26,28-31H2,1-10H3/b2*13-11+,16-12+,33-17+,37-27+/t2*32-,34-,35-,36-,38-,39+,40+,41+,43-,44+,45+,46-,48-,49+,53-/m11/s1/i2*24D2,25D2. The molecule has 0 aromatic rings. The van der Waals surface area contributed by atoms with Gasteiger partial charge >= 0.3 is 11.9 Å². The number of rotatable bonds is 18. The molecule has 4 bridgehead atoms. The van der Waals surface area contributed by atoms with Crippen molar-refractivity contribution in [3.05, 3.63) is 95.2 Å². The Morgan fingerprint density at radius 3 is 1.15 bits per heavy atom. The number of piperidine rings is 2. The van der Waals surface area contributed by atoms with Crippen LogP contribution in [0.15, 0.2) is 95.2 Å². The molecule has 8 aliphatic rings. The van der Waals surface area contributed by atoms with Crippen LogP contribution < -0.4 is 0 Å². The average molecular weight is 1920 g/mol. The highest BCUT2D eigenvalue weighted by atomic mass is 16.6. The maximum atomic E-state index is 14.5. The van der Waals surface area contributed by atoms with Crippen molar-refractivity contribution in [1.29, 1.82) is 0 Å². The molecule has 0 spiro atoms. The van der Waals surface area contributed by atoms with Crippen LogP contribution in [-0.4, -0.2) is 290 Å². The predicted octanol–water partition coefficient (Wildman–Crippen LogP) is 12.4. The minimum Gasteiger partial charge on any atom is -0.460 e. The average Bonchev–Trinajstić information content (AvgIpc) is 0.774. The number of ketones is 6. The number of carbonyl (C=O) groups excluding carboxylic acids is 10. The normalized spacial score (nSPS) is 40.5. The summed E-state index contributed by atoms with van der Waals surface area (Å²) in [6, 6.07) is -2.45. The zero-order chi connectivity index (χ0) is 108. The Morgan fingerprint density at radius 1 is 0.441 bits per heavy atom. The molecule has 2 aliphatic carbocycles. The van der Waals surface area contributed by atoms with Gasteiger partial charge in [0.2, 0.25) is 11.6 Å². The van der Waals surface area contributed by atoms with E-state index in [9.17, 15) is 78.6 Å². The fourth-order valence-electron chi connectivity index (χ4n) is 20.7. The van der Waals surface area contributed by atoms with Crippen LogP contribution in [-0.2, 0) is 105 Å². The number of ether oxygens (including phenoxy) is 12. The molecule has 0 aromatic carbocycles. The highest BCUT2D eigenvalue weighted by Gasteiger charge is 2.56. The van der Waals surface area contributed by atoms with Gasteiger partial charge in [0.1, 0.15) is 60.3 Å². The molecule has 136 heavy (non-hydrogen) atoms. The van der Waals surface area contributed by atoms with Crippen LogP contribution in [0, 0.1) is 71.0 Å². The monoisotopic (exact) mass is 1920 g/mol. The first-order valence-electron chi connectivity index (χ1n) is 53.2. The third kappa shape index (κ3) is 32.6. The van der Waals surface area contributed by atoms with Crippen LogP contribution in [0.4, 0.5) is 0 Å². The van der Waals surface area contributed by atoms with Gasteiger partial charge in [-0.25, -0.2) is 9.59 Å². The molecule has 768 valence electrons. The van der Waals surface area contributed by atoms with Gasteiger partial charge in [-0.3, -0.25) is 38.4 Å². The van der Waals surface area contributed by atoms with Gasteiger partial charge in [-0.1, -0.05) is 142 Å². The van der Waals surface area contributed by atoms with Gasteiger partial charge in [0.25, 0.3) is 23.4 Å². The molecule has 6 heterocycles. The van der Waals surface area contributed by atoms with Crippen LogP contribution in [0.1, 0.15) is 262 Å². The molecule has 2 amide bonds. The van der Waals surface area contributed by atoms with E-state index in [-0.39, 0.29) is 111 Å². The van der Waals surface area contributed by atoms with E-state index in [1.807, 2.05) is 102 Å². The Bertz CT molecular complexity index is 4250. The lowest BCUT2D eigenvalue weighted by molar-refractivity contribution is -0.265. The maximum Gasteiger partial charge on any atom is 0.329 e. The van der Waals surface area contributed by atoms with E-state index in [1.54, 1.807) is 81.8 Å². The second-order valence-corrected chi connectivity index (χ2v) is 39.8. The Labute approximate surface area is 819 Å². The third-order valence-electron chi connectivity index (χ3n) is 29.4. The number of hydrogen-bond donors (Lipinski definition) is 6.